The molecule has 3 N–H and O–H groups in total. The van der Waals surface area contributed by atoms with Gasteiger partial charge in [-0.2, -0.15) is 5.10 Å². The first kappa shape index (κ1) is 17.8. The average molecular weight is 334 g/mol. The maximum absolute atomic E-state index is 12.1. The van der Waals surface area contributed by atoms with Crippen molar-refractivity contribution in [2.75, 3.05) is 32.6 Å². The van der Waals surface area contributed by atoms with Crippen LogP contribution in [0.2, 0.25) is 0 Å². The summed E-state index contributed by atoms with van der Waals surface area (Å²) in [5.74, 6) is 1.27. The van der Waals surface area contributed by atoms with Crippen LogP contribution in [-0.2, 0) is 6.54 Å². The van der Waals surface area contributed by atoms with Gasteiger partial charge in [-0.1, -0.05) is 18.2 Å². The van der Waals surface area contributed by atoms with Crippen LogP contribution in [0.3, 0.4) is 0 Å². The maximum atomic E-state index is 12.1. The lowest BCUT2D eigenvalue weighted by molar-refractivity contribution is 0.0750. The van der Waals surface area contributed by atoms with Gasteiger partial charge < -0.3 is 19.8 Å². The molecule has 0 aliphatic rings. The molecule has 2 aromatic rings. The van der Waals surface area contributed by atoms with Gasteiger partial charge in [0.25, 0.3) is 0 Å². The van der Waals surface area contributed by atoms with E-state index in [1.165, 1.54) is 11.9 Å². The van der Waals surface area contributed by atoms with Crippen LogP contribution in [0.15, 0.2) is 36.5 Å². The summed E-state index contributed by atoms with van der Waals surface area (Å²) in [6.07, 6.45) is 0.618. The Labute approximate surface area is 140 Å². The van der Waals surface area contributed by atoms with Crippen LogP contribution in [0.4, 0.5) is 10.6 Å². The smallest absolute Gasteiger partial charge is 0.322 e. The Bertz CT molecular complexity index is 674. The van der Waals surface area contributed by atoms with E-state index in [1.807, 2.05) is 24.3 Å². The number of benzene rings is 1. The van der Waals surface area contributed by atoms with E-state index in [9.17, 15) is 9.90 Å². The molecule has 1 aromatic heterocycles. The number of anilines is 1. The standard InChI is InChI=1S/C16H22N4O4/c1-19(10-13(22)11-21)16(23)18-15-7-8-17-20(15)9-12-5-3-4-6-14(12)24-2/h3-8,13,21-22H,9-11H2,1-2H3,(H,18,23)/t13-/m0/s1. The molecular weight excluding hydrogens is 312 g/mol. The number of hydrogen-bond donors (Lipinski definition) is 3. The molecule has 24 heavy (non-hydrogen) atoms. The van der Waals surface area contributed by atoms with E-state index < -0.39 is 18.7 Å². The first-order chi connectivity index (χ1) is 11.5. The van der Waals surface area contributed by atoms with Gasteiger partial charge in [0.1, 0.15) is 11.6 Å². The number of para-hydroxylation sites is 1. The normalized spacial score (nSPS) is 11.8. The largest absolute Gasteiger partial charge is 0.496 e. The molecule has 0 unspecified atom stereocenters. The first-order valence-electron chi connectivity index (χ1n) is 7.50. The van der Waals surface area contributed by atoms with E-state index in [1.54, 1.807) is 24.1 Å². The second-order valence-electron chi connectivity index (χ2n) is 5.33. The van der Waals surface area contributed by atoms with Gasteiger partial charge in [0, 0.05) is 18.7 Å². The van der Waals surface area contributed by atoms with Crippen molar-refractivity contribution in [3.05, 3.63) is 42.1 Å². The van der Waals surface area contributed by atoms with Gasteiger partial charge in [0.05, 0.1) is 39.1 Å². The number of amides is 2. The fraction of sp³-hybridized carbons (Fsp3) is 0.375. The molecule has 0 bridgehead atoms. The number of aliphatic hydroxyl groups excluding tert-OH is 2. The number of methoxy groups -OCH3 is 1. The predicted molar refractivity (Wildman–Crippen MR) is 89.1 cm³/mol. The number of urea groups is 1. The van der Waals surface area contributed by atoms with Crippen LogP contribution < -0.4 is 10.1 Å². The summed E-state index contributed by atoms with van der Waals surface area (Å²) in [4.78, 5) is 13.4. The number of hydrogen-bond acceptors (Lipinski definition) is 5. The van der Waals surface area contributed by atoms with Crippen molar-refractivity contribution in [2.45, 2.75) is 12.6 Å². The number of nitrogens with zero attached hydrogens (tertiary/aromatic N) is 3. The topological polar surface area (TPSA) is 99.9 Å². The Balaban J connectivity index is 2.06. The Morgan fingerprint density at radius 3 is 2.88 bits per heavy atom. The van der Waals surface area contributed by atoms with E-state index >= 15 is 0 Å². The lowest BCUT2D eigenvalue weighted by Gasteiger charge is -2.20. The number of ether oxygens (including phenoxy) is 1. The molecule has 130 valence electrons. The van der Waals surface area contributed by atoms with Gasteiger partial charge in [0.15, 0.2) is 0 Å². The zero-order chi connectivity index (χ0) is 17.5. The summed E-state index contributed by atoms with van der Waals surface area (Å²) in [7, 11) is 3.14. The monoisotopic (exact) mass is 334 g/mol. The van der Waals surface area contributed by atoms with E-state index in [0.29, 0.717) is 12.4 Å². The third-order valence-corrected chi connectivity index (χ3v) is 3.51. The summed E-state index contributed by atoms with van der Waals surface area (Å²) in [5.41, 5.74) is 0.934. The molecule has 1 atom stereocenters. The fourth-order valence-corrected chi connectivity index (χ4v) is 2.22. The van der Waals surface area contributed by atoms with Gasteiger partial charge in [-0.3, -0.25) is 5.32 Å². The van der Waals surface area contributed by atoms with Gasteiger partial charge in [0.2, 0.25) is 0 Å². The summed E-state index contributed by atoms with van der Waals surface area (Å²) in [6.45, 7) is 0.0714. The SMILES string of the molecule is COc1ccccc1Cn1nccc1NC(=O)N(C)C[C@H](O)CO. The molecule has 0 radical (unpaired) electrons. The molecule has 8 nitrogen and oxygen atoms in total. The fourth-order valence-electron chi connectivity index (χ4n) is 2.22. The van der Waals surface area contributed by atoms with Crippen LogP contribution in [0.25, 0.3) is 0 Å². The number of aliphatic hydroxyl groups is 2. The number of likely N-dealkylation sites (N-methyl/N-ethyl adjacent to an activating group) is 1. The van der Waals surface area contributed by atoms with Crippen LogP contribution >= 0.6 is 0 Å². The number of nitrogens with one attached hydrogen (secondary N) is 1. The minimum atomic E-state index is -0.973. The Morgan fingerprint density at radius 2 is 2.17 bits per heavy atom. The molecule has 1 heterocycles. The number of rotatable bonds is 7. The lowest BCUT2D eigenvalue weighted by atomic mass is 10.2. The third kappa shape index (κ3) is 4.46. The number of aromatic nitrogens is 2. The summed E-state index contributed by atoms with van der Waals surface area (Å²) >= 11 is 0. The predicted octanol–water partition coefficient (Wildman–Crippen LogP) is 0.757. The van der Waals surface area contributed by atoms with Crippen molar-refractivity contribution in [1.82, 2.24) is 14.7 Å². The van der Waals surface area contributed by atoms with E-state index in [0.717, 1.165) is 11.3 Å². The number of carbonyl (C=O) groups is 1. The highest BCUT2D eigenvalue weighted by atomic mass is 16.5. The summed E-state index contributed by atoms with van der Waals surface area (Å²) in [5, 5.41) is 25.2. The van der Waals surface area contributed by atoms with Crippen molar-refractivity contribution in [2.24, 2.45) is 0 Å². The van der Waals surface area contributed by atoms with E-state index in [4.69, 9.17) is 9.84 Å². The highest BCUT2D eigenvalue weighted by molar-refractivity contribution is 5.88. The maximum Gasteiger partial charge on any atom is 0.322 e. The van der Waals surface area contributed by atoms with Gasteiger partial charge in [-0.05, 0) is 6.07 Å². The molecule has 0 saturated carbocycles. The van der Waals surface area contributed by atoms with Gasteiger partial charge >= 0.3 is 6.03 Å². The average Bonchev–Trinajstić information content (AvgIpc) is 3.01. The van der Waals surface area contributed by atoms with Crippen molar-refractivity contribution in [3.8, 4) is 5.75 Å². The first-order valence-corrected chi connectivity index (χ1v) is 7.50. The summed E-state index contributed by atoms with van der Waals surface area (Å²) < 4.78 is 6.97. The van der Waals surface area contributed by atoms with E-state index in [-0.39, 0.29) is 6.54 Å². The van der Waals surface area contributed by atoms with Gasteiger partial charge in [-0.15, -0.1) is 0 Å². The minimum absolute atomic E-state index is 0.0307. The molecule has 0 fully saturated rings. The molecule has 0 aliphatic carbocycles. The van der Waals surface area contributed by atoms with Crippen LogP contribution in [0, 0.1) is 0 Å². The van der Waals surface area contributed by atoms with Crippen molar-refractivity contribution in [1.29, 1.82) is 0 Å². The lowest BCUT2D eigenvalue weighted by Crippen LogP contribution is -2.38. The minimum Gasteiger partial charge on any atom is -0.496 e. The van der Waals surface area contributed by atoms with Crippen LogP contribution in [0.1, 0.15) is 5.56 Å². The van der Waals surface area contributed by atoms with E-state index in [2.05, 4.69) is 10.4 Å². The molecule has 2 amide bonds. The Kier molecular flexibility index (Phi) is 6.16. The van der Waals surface area contributed by atoms with Crippen molar-refractivity contribution in [3.63, 3.8) is 0 Å². The van der Waals surface area contributed by atoms with Crippen LogP contribution in [-0.4, -0.2) is 64.3 Å². The zero-order valence-corrected chi connectivity index (χ0v) is 13.7. The highest BCUT2D eigenvalue weighted by Crippen LogP contribution is 2.20. The molecule has 0 aliphatic heterocycles. The quantitative estimate of drug-likeness (QED) is 0.694. The molecule has 8 heteroatoms. The van der Waals surface area contributed by atoms with Crippen molar-refractivity contribution >= 4 is 11.8 Å². The zero-order valence-electron chi connectivity index (χ0n) is 13.7. The third-order valence-electron chi connectivity index (χ3n) is 3.51. The Hall–Kier alpha value is -2.58. The molecule has 1 aromatic carbocycles. The number of carbonyl (C=O) groups excluding carboxylic acids is 1. The van der Waals surface area contributed by atoms with Crippen LogP contribution in [0.5, 0.6) is 5.75 Å². The molecule has 0 spiro atoms. The molecular formula is C16H22N4O4. The second kappa shape index (κ2) is 8.32. The van der Waals surface area contributed by atoms with Gasteiger partial charge in [-0.25, -0.2) is 9.48 Å². The molecule has 0 saturated heterocycles. The van der Waals surface area contributed by atoms with Crippen molar-refractivity contribution < 1.29 is 19.7 Å². The Morgan fingerprint density at radius 1 is 1.42 bits per heavy atom. The molecule has 2 rings (SSSR count). The highest BCUT2D eigenvalue weighted by Gasteiger charge is 2.15. The summed E-state index contributed by atoms with van der Waals surface area (Å²) in [6, 6.07) is 8.86. The second-order valence-corrected chi connectivity index (χ2v) is 5.33.